The van der Waals surface area contributed by atoms with E-state index in [1.165, 1.54) is 16.5 Å². The van der Waals surface area contributed by atoms with Gasteiger partial charge < -0.3 is 14.7 Å². The van der Waals surface area contributed by atoms with E-state index in [4.69, 9.17) is 0 Å². The molecule has 1 fully saturated rings. The summed E-state index contributed by atoms with van der Waals surface area (Å²) in [7, 11) is 1.81. The number of aryl methyl sites for hydroxylation is 2. The molecule has 0 bridgehead atoms. The number of Topliss-reactive ketones (excluding diaryl/α,β-unsaturated/α-hetero) is 1. The van der Waals surface area contributed by atoms with Crippen molar-refractivity contribution >= 4 is 16.7 Å². The quantitative estimate of drug-likeness (QED) is 0.450. The molecule has 2 N–H and O–H groups in total. The lowest BCUT2D eigenvalue weighted by molar-refractivity contribution is -0.121. The molecule has 6 heteroatoms. The third-order valence-electron chi connectivity index (χ3n) is 7.57. The number of aromatic amines is 1. The predicted molar refractivity (Wildman–Crippen MR) is 147 cm³/mol. The monoisotopic (exact) mass is 491 g/mol. The molecule has 3 aromatic rings. The zero-order valence-electron chi connectivity index (χ0n) is 22.6. The molecule has 6 nitrogen and oxygen atoms in total. The molecule has 0 atom stereocenters. The molecule has 194 valence electrons. The van der Waals surface area contributed by atoms with Crippen LogP contribution in [-0.4, -0.2) is 50.6 Å². The number of benzene rings is 1. The Labute approximate surface area is 214 Å². The highest BCUT2D eigenvalue weighted by Crippen LogP contribution is 2.38. The number of nitrogens with one attached hydrogen (secondary N) is 1. The first-order chi connectivity index (χ1) is 16.9. The number of carbonyl (C=O) groups excluding carboxylic acids is 1. The molecule has 0 aliphatic carbocycles. The Morgan fingerprint density at radius 3 is 2.50 bits per heavy atom. The Morgan fingerprint density at radius 1 is 1.19 bits per heavy atom. The van der Waals surface area contributed by atoms with Crippen molar-refractivity contribution in [3.8, 4) is 11.3 Å². The Bertz CT molecular complexity index is 1280. The maximum Gasteiger partial charge on any atom is 0.253 e. The number of rotatable bonds is 8. The number of aliphatic hydroxyl groups is 1. The molecular weight excluding hydrogens is 450 g/mol. The minimum absolute atomic E-state index is 0.0357. The van der Waals surface area contributed by atoms with Crippen molar-refractivity contribution in [1.29, 1.82) is 0 Å². The Hall–Kier alpha value is -2.70. The van der Waals surface area contributed by atoms with Gasteiger partial charge in [0.2, 0.25) is 0 Å². The van der Waals surface area contributed by atoms with Crippen molar-refractivity contribution in [3.05, 3.63) is 57.5 Å². The first-order valence-corrected chi connectivity index (χ1v) is 13.2. The summed E-state index contributed by atoms with van der Waals surface area (Å²) in [5.74, 6) is 1.03. The second kappa shape index (κ2) is 10.3. The smallest absolute Gasteiger partial charge is 0.253 e. The summed E-state index contributed by atoms with van der Waals surface area (Å²) in [6.45, 7) is 12.2. The molecule has 1 aliphatic heterocycles. The van der Waals surface area contributed by atoms with Gasteiger partial charge in [-0.1, -0.05) is 19.9 Å². The van der Waals surface area contributed by atoms with E-state index in [2.05, 4.69) is 41.9 Å². The topological polar surface area (TPSA) is 78.3 Å². The molecule has 36 heavy (non-hydrogen) atoms. The molecule has 2 aromatic heterocycles. The zero-order valence-corrected chi connectivity index (χ0v) is 22.6. The predicted octanol–water partition coefficient (Wildman–Crippen LogP) is 5.27. The highest BCUT2D eigenvalue weighted by molar-refractivity contribution is 5.92. The lowest BCUT2D eigenvalue weighted by Crippen LogP contribution is -2.37. The first-order valence-electron chi connectivity index (χ1n) is 13.2. The molecule has 3 heterocycles. The fourth-order valence-corrected chi connectivity index (χ4v) is 5.52. The van der Waals surface area contributed by atoms with Gasteiger partial charge in [-0.25, -0.2) is 0 Å². The molecule has 0 radical (unpaired) electrons. The molecular formula is C30H41N3O3. The largest absolute Gasteiger partial charge is 0.390 e. The van der Waals surface area contributed by atoms with E-state index in [0.29, 0.717) is 31.2 Å². The lowest BCUT2D eigenvalue weighted by atomic mass is 9.87. The number of pyridine rings is 1. The minimum atomic E-state index is -0.787. The van der Waals surface area contributed by atoms with Gasteiger partial charge in [0.25, 0.3) is 5.56 Å². The third-order valence-corrected chi connectivity index (χ3v) is 7.57. The molecule has 0 spiro atoms. The van der Waals surface area contributed by atoms with Crippen molar-refractivity contribution in [1.82, 2.24) is 14.5 Å². The van der Waals surface area contributed by atoms with Gasteiger partial charge in [0.05, 0.1) is 17.8 Å². The fourth-order valence-electron chi connectivity index (χ4n) is 5.52. The number of aromatic nitrogens is 2. The Balaban J connectivity index is 1.52. The summed E-state index contributed by atoms with van der Waals surface area (Å²) in [4.78, 5) is 30.5. The van der Waals surface area contributed by atoms with Crippen LogP contribution in [0.4, 0.5) is 0 Å². The van der Waals surface area contributed by atoms with Crippen molar-refractivity contribution in [2.24, 2.45) is 7.05 Å². The first kappa shape index (κ1) is 26.4. The number of H-pyrrole nitrogens is 1. The van der Waals surface area contributed by atoms with E-state index in [1.54, 1.807) is 18.4 Å². The molecule has 1 aromatic carbocycles. The van der Waals surface area contributed by atoms with E-state index in [1.807, 2.05) is 26.2 Å². The van der Waals surface area contributed by atoms with Crippen LogP contribution in [0.3, 0.4) is 0 Å². The zero-order chi connectivity index (χ0) is 26.2. The van der Waals surface area contributed by atoms with Gasteiger partial charge in [-0.2, -0.15) is 0 Å². The van der Waals surface area contributed by atoms with Gasteiger partial charge >= 0.3 is 0 Å². The maximum absolute atomic E-state index is 12.4. The van der Waals surface area contributed by atoms with Crippen molar-refractivity contribution in [3.63, 3.8) is 0 Å². The van der Waals surface area contributed by atoms with Crippen LogP contribution < -0.4 is 5.56 Å². The number of piperidine rings is 1. The van der Waals surface area contributed by atoms with Crippen molar-refractivity contribution in [2.75, 3.05) is 19.6 Å². The number of hydrogen-bond acceptors (Lipinski definition) is 4. The maximum atomic E-state index is 12.4. The summed E-state index contributed by atoms with van der Waals surface area (Å²) >= 11 is 0. The van der Waals surface area contributed by atoms with Crippen LogP contribution in [0.25, 0.3) is 22.2 Å². The van der Waals surface area contributed by atoms with Crippen LogP contribution in [0.2, 0.25) is 0 Å². The van der Waals surface area contributed by atoms with Crippen LogP contribution >= 0.6 is 0 Å². The van der Waals surface area contributed by atoms with Crippen LogP contribution in [0.5, 0.6) is 0 Å². The van der Waals surface area contributed by atoms with Crippen LogP contribution in [0, 0.1) is 6.92 Å². The Morgan fingerprint density at radius 2 is 1.89 bits per heavy atom. The van der Waals surface area contributed by atoms with Gasteiger partial charge in [-0.15, -0.1) is 0 Å². The van der Waals surface area contributed by atoms with E-state index in [-0.39, 0.29) is 11.3 Å². The third kappa shape index (κ3) is 5.81. The Kier molecular flexibility index (Phi) is 7.58. The van der Waals surface area contributed by atoms with Gasteiger partial charge in [-0.3, -0.25) is 14.5 Å². The van der Waals surface area contributed by atoms with Crippen molar-refractivity contribution in [2.45, 2.75) is 77.7 Å². The van der Waals surface area contributed by atoms with Crippen LogP contribution in [0.1, 0.15) is 81.9 Å². The average Bonchev–Trinajstić information content (AvgIpc) is 3.20. The van der Waals surface area contributed by atoms with E-state index < -0.39 is 5.60 Å². The summed E-state index contributed by atoms with van der Waals surface area (Å²) < 4.78 is 1.66. The molecule has 1 aliphatic rings. The molecule has 1 saturated heterocycles. The van der Waals surface area contributed by atoms with Gasteiger partial charge in [0.15, 0.2) is 0 Å². The van der Waals surface area contributed by atoms with Gasteiger partial charge in [-0.05, 0) is 94.3 Å². The average molecular weight is 492 g/mol. The number of hydrogen-bond donors (Lipinski definition) is 2. The van der Waals surface area contributed by atoms with Gasteiger partial charge in [0.1, 0.15) is 5.78 Å². The van der Waals surface area contributed by atoms with E-state index in [0.717, 1.165) is 48.3 Å². The standard InChI is InChI=1S/C30H41N3O3/c1-19(2)27-25-16-22(21-10-13-33(14-11-21)18-24(34)9-12-30(4,5)36)7-8-26(25)31-28(27)23-15-20(3)29(35)32(6)17-23/h7-8,15-17,19,21,31,36H,9-14,18H2,1-6H3. The van der Waals surface area contributed by atoms with E-state index >= 15 is 0 Å². The second-order valence-corrected chi connectivity index (χ2v) is 11.6. The highest BCUT2D eigenvalue weighted by atomic mass is 16.3. The van der Waals surface area contributed by atoms with Gasteiger partial charge in [0, 0.05) is 41.7 Å². The number of nitrogens with zero attached hydrogens (tertiary/aromatic N) is 2. The van der Waals surface area contributed by atoms with Crippen molar-refractivity contribution < 1.29 is 9.90 Å². The number of ketones is 1. The number of fused-ring (bicyclic) bond motifs is 1. The summed E-state index contributed by atoms with van der Waals surface area (Å²) in [6, 6.07) is 8.78. The number of likely N-dealkylation sites (tertiary alicyclic amines) is 1. The second-order valence-electron chi connectivity index (χ2n) is 11.6. The highest BCUT2D eigenvalue weighted by Gasteiger charge is 2.24. The van der Waals surface area contributed by atoms with E-state index in [9.17, 15) is 14.7 Å². The van der Waals surface area contributed by atoms with Crippen LogP contribution in [-0.2, 0) is 11.8 Å². The SMILES string of the molecule is Cc1cc(-c2[nH]c3ccc(C4CCN(CC(=O)CCC(C)(C)O)CC4)cc3c2C(C)C)cn(C)c1=O. The fraction of sp³-hybridized carbons (Fsp3) is 0.533. The molecule has 0 unspecified atom stereocenters. The lowest BCUT2D eigenvalue weighted by Gasteiger charge is -2.32. The molecule has 0 saturated carbocycles. The summed E-state index contributed by atoms with van der Waals surface area (Å²) in [5.41, 5.74) is 5.90. The summed E-state index contributed by atoms with van der Waals surface area (Å²) in [5, 5.41) is 11.1. The van der Waals surface area contributed by atoms with Crippen LogP contribution in [0.15, 0.2) is 35.3 Å². The number of carbonyl (C=O) groups is 1. The minimum Gasteiger partial charge on any atom is -0.390 e. The molecule has 4 rings (SSSR count). The summed E-state index contributed by atoms with van der Waals surface area (Å²) in [6.07, 6.45) is 4.95. The normalized spacial score (nSPS) is 15.8. The molecule has 0 amide bonds.